The smallest absolute Gasteiger partial charge is 0.306 e. The second-order valence-electron chi connectivity index (χ2n) is 5.49. The Labute approximate surface area is 140 Å². The van der Waals surface area contributed by atoms with Crippen molar-refractivity contribution < 1.29 is 24.2 Å². The van der Waals surface area contributed by atoms with E-state index in [0.717, 1.165) is 0 Å². The van der Waals surface area contributed by atoms with Crippen LogP contribution in [0.2, 0.25) is 0 Å². The number of amides is 1. The maximum absolute atomic E-state index is 12.2. The summed E-state index contributed by atoms with van der Waals surface area (Å²) in [6.45, 7) is 2.93. The van der Waals surface area contributed by atoms with Gasteiger partial charge in [-0.05, 0) is 31.9 Å². The number of carbonyl (C=O) groups excluding carboxylic acids is 1. The number of benzene rings is 1. The molecular weight excluding hydrogens is 312 g/mol. The summed E-state index contributed by atoms with van der Waals surface area (Å²) in [6.07, 6.45) is 0.921. The molecule has 7 nitrogen and oxygen atoms in total. The van der Waals surface area contributed by atoms with Gasteiger partial charge >= 0.3 is 5.97 Å². The van der Waals surface area contributed by atoms with Crippen LogP contribution in [0.1, 0.15) is 25.3 Å². The number of nitrogens with zero attached hydrogens (tertiary/aromatic N) is 2. The van der Waals surface area contributed by atoms with E-state index in [-0.39, 0.29) is 18.4 Å². The number of aliphatic carboxylic acids is 1. The lowest BCUT2D eigenvalue weighted by Crippen LogP contribution is -2.42. The fraction of sp³-hybridized carbons (Fsp3) is 0.471. The van der Waals surface area contributed by atoms with E-state index in [9.17, 15) is 9.59 Å². The number of ether oxygens (including phenoxy) is 2. The van der Waals surface area contributed by atoms with Gasteiger partial charge in [-0.15, -0.1) is 0 Å². The zero-order chi connectivity index (χ0) is 17.5. The van der Waals surface area contributed by atoms with Gasteiger partial charge in [0.05, 0.1) is 24.2 Å². The molecule has 1 heterocycles. The van der Waals surface area contributed by atoms with Gasteiger partial charge < -0.3 is 19.5 Å². The van der Waals surface area contributed by atoms with E-state index in [1.165, 1.54) is 0 Å². The van der Waals surface area contributed by atoms with Crippen molar-refractivity contribution in [3.8, 4) is 17.6 Å². The summed E-state index contributed by atoms with van der Waals surface area (Å²) in [5.74, 6) is -0.542. The molecule has 1 aliphatic heterocycles. The third kappa shape index (κ3) is 4.38. The molecule has 0 bridgehead atoms. The predicted octanol–water partition coefficient (Wildman–Crippen LogP) is 1.66. The summed E-state index contributed by atoms with van der Waals surface area (Å²) in [4.78, 5) is 24.7. The van der Waals surface area contributed by atoms with Crippen molar-refractivity contribution in [1.82, 2.24) is 4.90 Å². The molecular formula is C17H20N2O5. The molecule has 0 spiro atoms. The second-order valence-corrected chi connectivity index (χ2v) is 5.49. The van der Waals surface area contributed by atoms with Crippen LogP contribution in [0.5, 0.6) is 11.5 Å². The molecule has 0 atom stereocenters. The standard InChI is InChI=1S/C17H20N2O5/c1-2-23-15-9-12(10-18)3-4-14(15)24-11-16(20)19-7-5-13(6-8-19)17(21)22/h3-4,9,13H,2,5-8,11H2,1H3,(H,21,22). The van der Waals surface area contributed by atoms with Gasteiger partial charge in [0.1, 0.15) is 0 Å². The molecule has 1 N–H and O–H groups in total. The number of hydrogen-bond acceptors (Lipinski definition) is 5. The maximum atomic E-state index is 12.2. The predicted molar refractivity (Wildman–Crippen MR) is 84.8 cm³/mol. The molecule has 0 radical (unpaired) electrons. The average Bonchev–Trinajstić information content (AvgIpc) is 2.60. The first-order valence-electron chi connectivity index (χ1n) is 7.85. The van der Waals surface area contributed by atoms with Crippen LogP contribution in [0, 0.1) is 17.2 Å². The highest BCUT2D eigenvalue weighted by molar-refractivity contribution is 5.78. The van der Waals surface area contributed by atoms with Crippen LogP contribution in [0.15, 0.2) is 18.2 Å². The highest BCUT2D eigenvalue weighted by Gasteiger charge is 2.27. The van der Waals surface area contributed by atoms with Crippen molar-refractivity contribution in [3.05, 3.63) is 23.8 Å². The summed E-state index contributed by atoms with van der Waals surface area (Å²) in [6, 6.07) is 6.80. The van der Waals surface area contributed by atoms with E-state index in [1.807, 2.05) is 13.0 Å². The molecule has 24 heavy (non-hydrogen) atoms. The van der Waals surface area contributed by atoms with E-state index in [0.29, 0.717) is 49.6 Å². The molecule has 0 unspecified atom stereocenters. The number of carboxylic acid groups (broad SMARTS) is 1. The third-order valence-electron chi connectivity index (χ3n) is 3.92. The lowest BCUT2D eigenvalue weighted by molar-refractivity contribution is -0.146. The minimum absolute atomic E-state index is 0.149. The number of hydrogen-bond donors (Lipinski definition) is 1. The second kappa shape index (κ2) is 8.20. The van der Waals surface area contributed by atoms with Crippen LogP contribution in [-0.4, -0.2) is 48.2 Å². The van der Waals surface area contributed by atoms with Crippen molar-refractivity contribution >= 4 is 11.9 Å². The Kier molecular flexibility index (Phi) is 6.01. The summed E-state index contributed by atoms with van der Waals surface area (Å²) in [5, 5.41) is 17.9. The Morgan fingerprint density at radius 1 is 1.29 bits per heavy atom. The quantitative estimate of drug-likeness (QED) is 0.850. The number of carboxylic acids is 1. The van der Waals surface area contributed by atoms with Crippen molar-refractivity contribution in [1.29, 1.82) is 5.26 Å². The lowest BCUT2D eigenvalue weighted by Gasteiger charge is -2.30. The number of rotatable bonds is 6. The number of piperidine rings is 1. The van der Waals surface area contributed by atoms with Gasteiger partial charge in [0.2, 0.25) is 0 Å². The molecule has 0 aromatic heterocycles. The van der Waals surface area contributed by atoms with Gasteiger partial charge in [-0.1, -0.05) is 0 Å². The van der Waals surface area contributed by atoms with Gasteiger partial charge in [-0.2, -0.15) is 5.26 Å². The van der Waals surface area contributed by atoms with Crippen LogP contribution in [0.25, 0.3) is 0 Å². The van der Waals surface area contributed by atoms with Crippen molar-refractivity contribution in [2.45, 2.75) is 19.8 Å². The fourth-order valence-corrected chi connectivity index (χ4v) is 2.57. The van der Waals surface area contributed by atoms with Crippen molar-refractivity contribution in [2.24, 2.45) is 5.92 Å². The molecule has 1 aromatic rings. The van der Waals surface area contributed by atoms with E-state index in [2.05, 4.69) is 0 Å². The van der Waals surface area contributed by atoms with Crippen LogP contribution in [0.3, 0.4) is 0 Å². The van der Waals surface area contributed by atoms with Gasteiger partial charge in [0.25, 0.3) is 5.91 Å². The Morgan fingerprint density at radius 3 is 2.58 bits per heavy atom. The molecule has 1 aliphatic rings. The summed E-state index contributed by atoms with van der Waals surface area (Å²) in [7, 11) is 0. The molecule has 1 aromatic carbocycles. The van der Waals surface area contributed by atoms with Crippen LogP contribution >= 0.6 is 0 Å². The first kappa shape index (κ1) is 17.6. The fourth-order valence-electron chi connectivity index (χ4n) is 2.57. The topological polar surface area (TPSA) is 99.9 Å². The minimum atomic E-state index is -0.808. The minimum Gasteiger partial charge on any atom is -0.490 e. The largest absolute Gasteiger partial charge is 0.490 e. The highest BCUT2D eigenvalue weighted by Crippen LogP contribution is 2.28. The Morgan fingerprint density at radius 2 is 2.00 bits per heavy atom. The van der Waals surface area contributed by atoms with Gasteiger partial charge in [-0.3, -0.25) is 9.59 Å². The van der Waals surface area contributed by atoms with Crippen LogP contribution < -0.4 is 9.47 Å². The first-order chi connectivity index (χ1) is 11.5. The molecule has 1 amide bonds. The SMILES string of the molecule is CCOc1cc(C#N)ccc1OCC(=O)N1CCC(C(=O)O)CC1. The Bertz CT molecular complexity index is 645. The maximum Gasteiger partial charge on any atom is 0.306 e. The van der Waals surface area contributed by atoms with Crippen molar-refractivity contribution in [2.75, 3.05) is 26.3 Å². The van der Waals surface area contributed by atoms with Crippen LogP contribution in [0.4, 0.5) is 0 Å². The van der Waals surface area contributed by atoms with Crippen LogP contribution in [-0.2, 0) is 9.59 Å². The number of nitriles is 1. The monoisotopic (exact) mass is 332 g/mol. The summed E-state index contributed by atoms with van der Waals surface area (Å²) >= 11 is 0. The third-order valence-corrected chi connectivity index (χ3v) is 3.92. The van der Waals surface area contributed by atoms with E-state index < -0.39 is 5.97 Å². The molecule has 1 saturated heterocycles. The van der Waals surface area contributed by atoms with E-state index in [4.69, 9.17) is 19.8 Å². The van der Waals surface area contributed by atoms with Gasteiger partial charge in [0, 0.05) is 19.2 Å². The molecule has 0 aliphatic carbocycles. The van der Waals surface area contributed by atoms with E-state index >= 15 is 0 Å². The molecule has 128 valence electrons. The zero-order valence-corrected chi connectivity index (χ0v) is 13.5. The number of carbonyl (C=O) groups is 2. The zero-order valence-electron chi connectivity index (χ0n) is 13.5. The molecule has 2 rings (SSSR count). The lowest BCUT2D eigenvalue weighted by atomic mass is 9.97. The number of likely N-dealkylation sites (tertiary alicyclic amines) is 1. The summed E-state index contributed by atoms with van der Waals surface area (Å²) < 4.78 is 11.0. The highest BCUT2D eigenvalue weighted by atomic mass is 16.5. The molecule has 7 heteroatoms. The van der Waals surface area contributed by atoms with Gasteiger partial charge in [-0.25, -0.2) is 0 Å². The Hall–Kier alpha value is -2.75. The van der Waals surface area contributed by atoms with Gasteiger partial charge in [0.15, 0.2) is 18.1 Å². The average molecular weight is 332 g/mol. The first-order valence-corrected chi connectivity index (χ1v) is 7.85. The molecule has 1 fully saturated rings. The van der Waals surface area contributed by atoms with Crippen molar-refractivity contribution in [3.63, 3.8) is 0 Å². The molecule has 0 saturated carbocycles. The normalized spacial score (nSPS) is 14.8. The Balaban J connectivity index is 1.92. The summed E-state index contributed by atoms with van der Waals surface area (Å²) in [5.41, 5.74) is 0.452. The van der Waals surface area contributed by atoms with E-state index in [1.54, 1.807) is 23.1 Å².